The van der Waals surface area contributed by atoms with Crippen LogP contribution in [-0.2, 0) is 0 Å². The fourth-order valence-electron chi connectivity index (χ4n) is 2.65. The topological polar surface area (TPSA) is 28.0 Å². The minimum absolute atomic E-state index is 0.156. The Morgan fingerprint density at radius 2 is 1.71 bits per heavy atom. The van der Waals surface area contributed by atoms with Crippen molar-refractivity contribution in [3.05, 3.63) is 0 Å². The number of hydrogen-bond donors (Lipinski definition) is 0. The summed E-state index contributed by atoms with van der Waals surface area (Å²) in [5.74, 6) is 0. The van der Waals surface area contributed by atoms with Crippen LogP contribution in [0.15, 0.2) is 10.1 Å². The highest BCUT2D eigenvalue weighted by molar-refractivity contribution is 5.42. The van der Waals surface area contributed by atoms with Gasteiger partial charge in [-0.25, -0.2) is 4.99 Å². The molecule has 1 saturated carbocycles. The van der Waals surface area contributed by atoms with E-state index in [-0.39, 0.29) is 5.54 Å². The molecule has 0 aliphatic heterocycles. The Kier molecular flexibility index (Phi) is 6.28. The Labute approximate surface area is 106 Å². The summed E-state index contributed by atoms with van der Waals surface area (Å²) in [6.45, 7) is 8.32. The van der Waals surface area contributed by atoms with Gasteiger partial charge in [-0.1, -0.05) is 32.6 Å². The van der Waals surface area contributed by atoms with Gasteiger partial charge in [0.15, 0.2) is 0 Å². The first-order valence-corrected chi connectivity index (χ1v) is 7.19. The smallest absolute Gasteiger partial charge is 0.115 e. The van der Waals surface area contributed by atoms with Crippen LogP contribution in [0.5, 0.6) is 0 Å². The van der Waals surface area contributed by atoms with Crippen molar-refractivity contribution in [1.29, 1.82) is 0 Å². The van der Waals surface area contributed by atoms with E-state index in [1.807, 2.05) is 5.01 Å². The Bertz CT molecular complexity index is 251. The largest absolute Gasteiger partial charge is 0.288 e. The summed E-state index contributed by atoms with van der Waals surface area (Å²) >= 11 is 0. The molecule has 1 fully saturated rings. The molecule has 0 heterocycles. The van der Waals surface area contributed by atoms with Crippen molar-refractivity contribution >= 4 is 6.01 Å². The van der Waals surface area contributed by atoms with Crippen LogP contribution in [0.4, 0.5) is 0 Å². The molecule has 0 aromatic heterocycles. The molecule has 0 saturated heterocycles. The molecule has 0 spiro atoms. The highest BCUT2D eigenvalue weighted by Crippen LogP contribution is 2.35. The molecular weight excluding hydrogens is 210 g/mol. The molecule has 17 heavy (non-hydrogen) atoms. The van der Waals surface area contributed by atoms with Crippen molar-refractivity contribution in [3.8, 4) is 0 Å². The van der Waals surface area contributed by atoms with Gasteiger partial charge in [0.05, 0.1) is 5.54 Å². The van der Waals surface area contributed by atoms with E-state index in [2.05, 4.69) is 36.9 Å². The zero-order valence-electron chi connectivity index (χ0n) is 11.7. The van der Waals surface area contributed by atoms with Crippen LogP contribution >= 0.6 is 0 Å². The Hall–Kier alpha value is -0.820. The lowest BCUT2D eigenvalue weighted by Gasteiger charge is -2.32. The van der Waals surface area contributed by atoms with Crippen molar-refractivity contribution in [2.45, 2.75) is 71.3 Å². The second-order valence-electron chi connectivity index (χ2n) is 4.99. The number of aliphatic imine (C=N–C) groups is 1. The van der Waals surface area contributed by atoms with Gasteiger partial charge in [-0.05, 0) is 33.1 Å². The summed E-state index contributed by atoms with van der Waals surface area (Å²) in [7, 11) is 0. The second kappa shape index (κ2) is 7.50. The molecule has 3 nitrogen and oxygen atoms in total. The molecule has 0 unspecified atom stereocenters. The van der Waals surface area contributed by atoms with Crippen LogP contribution in [0.1, 0.15) is 65.7 Å². The first kappa shape index (κ1) is 14.2. The molecule has 98 valence electrons. The summed E-state index contributed by atoms with van der Waals surface area (Å²) < 4.78 is 0. The normalized spacial score (nSPS) is 18.3. The van der Waals surface area contributed by atoms with E-state index in [1.54, 1.807) is 0 Å². The van der Waals surface area contributed by atoms with E-state index >= 15 is 0 Å². The summed E-state index contributed by atoms with van der Waals surface area (Å²) in [6, 6.07) is 2.96. The van der Waals surface area contributed by atoms with Crippen LogP contribution in [0.2, 0.25) is 0 Å². The standard InChI is InChI=1S/C14H27N3/c1-4-10-14(11-8-7-9-12-14)15-13-16-17(5-2)6-3/h4-12H2,1-3H3. The molecular formula is C14H27N3. The summed E-state index contributed by atoms with van der Waals surface area (Å²) in [6.07, 6.45) is 8.84. The molecule has 3 heteroatoms. The third-order valence-electron chi connectivity index (χ3n) is 3.70. The Balaban J connectivity index is 2.67. The minimum atomic E-state index is 0.156. The van der Waals surface area contributed by atoms with Crippen molar-refractivity contribution in [2.75, 3.05) is 13.1 Å². The molecule has 0 atom stereocenters. The van der Waals surface area contributed by atoms with Crippen molar-refractivity contribution in [3.63, 3.8) is 0 Å². The molecule has 0 amide bonds. The van der Waals surface area contributed by atoms with Crippen LogP contribution in [0, 0.1) is 0 Å². The Morgan fingerprint density at radius 1 is 1.06 bits per heavy atom. The zero-order valence-corrected chi connectivity index (χ0v) is 11.7. The Morgan fingerprint density at radius 3 is 2.24 bits per heavy atom. The van der Waals surface area contributed by atoms with Gasteiger partial charge >= 0.3 is 0 Å². The average molecular weight is 237 g/mol. The highest BCUT2D eigenvalue weighted by Gasteiger charge is 2.30. The molecule has 0 aromatic carbocycles. The maximum absolute atomic E-state index is 4.68. The fraction of sp³-hybridized carbons (Fsp3) is 0.929. The highest BCUT2D eigenvalue weighted by atomic mass is 15.4. The van der Waals surface area contributed by atoms with Gasteiger partial charge in [-0.2, -0.15) is 0 Å². The second-order valence-corrected chi connectivity index (χ2v) is 4.99. The quantitative estimate of drug-likeness (QED) is 0.508. The maximum Gasteiger partial charge on any atom is 0.115 e. The predicted octanol–water partition coefficient (Wildman–Crippen LogP) is 3.92. The molecule has 1 aliphatic carbocycles. The molecule has 0 bridgehead atoms. The van der Waals surface area contributed by atoms with Gasteiger partial charge in [-0.3, -0.25) is 5.01 Å². The lowest BCUT2D eigenvalue weighted by atomic mass is 9.79. The van der Waals surface area contributed by atoms with Crippen LogP contribution in [-0.4, -0.2) is 29.6 Å². The van der Waals surface area contributed by atoms with Gasteiger partial charge in [0.2, 0.25) is 0 Å². The first-order chi connectivity index (χ1) is 8.26. The minimum Gasteiger partial charge on any atom is -0.288 e. The summed E-state index contributed by atoms with van der Waals surface area (Å²) in [5.41, 5.74) is 0.156. The average Bonchev–Trinajstić information content (AvgIpc) is 2.36. The maximum atomic E-state index is 4.68. The molecule has 0 radical (unpaired) electrons. The number of rotatable bonds is 6. The summed E-state index contributed by atoms with van der Waals surface area (Å²) in [5, 5.41) is 6.29. The van der Waals surface area contributed by atoms with E-state index < -0.39 is 0 Å². The third kappa shape index (κ3) is 4.51. The SMILES string of the molecule is CCCC1(N=C=NN(CC)CC)CCCCC1. The van der Waals surface area contributed by atoms with E-state index in [0.29, 0.717) is 0 Å². The van der Waals surface area contributed by atoms with Crippen molar-refractivity contribution < 1.29 is 0 Å². The first-order valence-electron chi connectivity index (χ1n) is 7.19. The monoisotopic (exact) mass is 237 g/mol. The van der Waals surface area contributed by atoms with E-state index in [0.717, 1.165) is 13.1 Å². The van der Waals surface area contributed by atoms with Gasteiger partial charge < -0.3 is 0 Å². The summed E-state index contributed by atoms with van der Waals surface area (Å²) in [4.78, 5) is 4.68. The molecule has 1 aliphatic rings. The molecule has 0 aromatic rings. The predicted molar refractivity (Wildman–Crippen MR) is 73.5 cm³/mol. The molecule has 1 rings (SSSR count). The van der Waals surface area contributed by atoms with Crippen LogP contribution in [0.3, 0.4) is 0 Å². The van der Waals surface area contributed by atoms with Gasteiger partial charge in [0.1, 0.15) is 6.01 Å². The van der Waals surface area contributed by atoms with Gasteiger partial charge in [0, 0.05) is 13.1 Å². The van der Waals surface area contributed by atoms with Gasteiger partial charge in [-0.15, -0.1) is 5.10 Å². The van der Waals surface area contributed by atoms with Crippen molar-refractivity contribution in [1.82, 2.24) is 5.01 Å². The number of nitrogens with zero attached hydrogens (tertiary/aromatic N) is 3. The van der Waals surface area contributed by atoms with Gasteiger partial charge in [0.25, 0.3) is 0 Å². The van der Waals surface area contributed by atoms with Crippen molar-refractivity contribution in [2.24, 2.45) is 10.1 Å². The zero-order chi connectivity index (χ0) is 12.6. The number of hydrogen-bond acceptors (Lipinski definition) is 3. The fourth-order valence-corrected chi connectivity index (χ4v) is 2.65. The van der Waals surface area contributed by atoms with Crippen LogP contribution in [0.25, 0.3) is 0 Å². The lowest BCUT2D eigenvalue weighted by molar-refractivity contribution is 0.278. The third-order valence-corrected chi connectivity index (χ3v) is 3.70. The van der Waals surface area contributed by atoms with E-state index in [1.165, 1.54) is 44.9 Å². The number of hydrazone groups is 1. The lowest BCUT2D eigenvalue weighted by Crippen LogP contribution is -2.29. The van der Waals surface area contributed by atoms with E-state index in [9.17, 15) is 0 Å². The van der Waals surface area contributed by atoms with E-state index in [4.69, 9.17) is 0 Å². The van der Waals surface area contributed by atoms with Crippen LogP contribution < -0.4 is 0 Å². The molecule has 0 N–H and O–H groups in total.